The smallest absolute Gasteiger partial charge is 0.293 e. The Hall–Kier alpha value is -2.27. The van der Waals surface area contributed by atoms with Gasteiger partial charge in [-0.25, -0.2) is 0 Å². The predicted molar refractivity (Wildman–Crippen MR) is 108 cm³/mol. The van der Waals surface area contributed by atoms with Crippen LogP contribution in [0.15, 0.2) is 51.8 Å². The van der Waals surface area contributed by atoms with Crippen LogP contribution < -0.4 is 4.74 Å². The number of nitrogens with zero attached hydrogens (tertiary/aromatic N) is 2. The number of amides is 2. The number of nitriles is 1. The number of hydrogen-bond acceptors (Lipinski definition) is 5. The third-order valence-corrected chi connectivity index (χ3v) is 5.48. The molecule has 1 aliphatic heterocycles. The fraction of sp³-hybridized carbons (Fsp3) is 0.105. The number of halogens is 2. The lowest BCUT2D eigenvalue weighted by Crippen LogP contribution is -2.27. The van der Waals surface area contributed by atoms with E-state index in [0.29, 0.717) is 21.9 Å². The van der Waals surface area contributed by atoms with Crippen molar-refractivity contribution in [2.45, 2.75) is 6.54 Å². The molecule has 1 fully saturated rings. The Morgan fingerprint density at radius 1 is 1.26 bits per heavy atom. The molecule has 0 aliphatic carbocycles. The van der Waals surface area contributed by atoms with Gasteiger partial charge in [-0.15, -0.1) is 0 Å². The topological polar surface area (TPSA) is 70.4 Å². The number of carbonyl (C=O) groups is 2. The van der Waals surface area contributed by atoms with Gasteiger partial charge in [0.25, 0.3) is 11.1 Å². The fourth-order valence-electron chi connectivity index (χ4n) is 2.45. The van der Waals surface area contributed by atoms with Gasteiger partial charge < -0.3 is 4.74 Å². The minimum atomic E-state index is -0.392. The van der Waals surface area contributed by atoms with E-state index in [1.54, 1.807) is 48.5 Å². The molecule has 2 aromatic carbocycles. The maximum absolute atomic E-state index is 12.7. The zero-order chi connectivity index (χ0) is 19.4. The van der Waals surface area contributed by atoms with E-state index in [4.69, 9.17) is 21.6 Å². The monoisotopic (exact) mass is 462 g/mol. The van der Waals surface area contributed by atoms with Gasteiger partial charge in [0.05, 0.1) is 11.4 Å². The molecule has 5 nitrogen and oxygen atoms in total. The summed E-state index contributed by atoms with van der Waals surface area (Å²) < 4.78 is 6.17. The summed E-state index contributed by atoms with van der Waals surface area (Å²) >= 11 is 10.4. The zero-order valence-corrected chi connectivity index (χ0v) is 17.0. The van der Waals surface area contributed by atoms with Crippen LogP contribution in [0.4, 0.5) is 4.79 Å². The number of imide groups is 1. The Morgan fingerprint density at radius 3 is 2.78 bits per heavy atom. The summed E-state index contributed by atoms with van der Waals surface area (Å²) in [5.74, 6) is 0.0637. The molecule has 0 saturated carbocycles. The largest absolute Gasteiger partial charge is 0.478 e. The first kappa shape index (κ1) is 19.5. The van der Waals surface area contributed by atoms with E-state index < -0.39 is 5.91 Å². The normalized spacial score (nSPS) is 15.3. The number of thioether (sulfide) groups is 1. The molecule has 0 bridgehead atoms. The molecule has 1 aliphatic rings. The molecule has 0 aromatic heterocycles. The second-order valence-corrected chi connectivity index (χ2v) is 7.80. The van der Waals surface area contributed by atoms with Crippen LogP contribution in [0.2, 0.25) is 5.02 Å². The fourth-order valence-corrected chi connectivity index (χ4v) is 3.85. The second kappa shape index (κ2) is 8.61. The molecular weight excluding hydrogens is 452 g/mol. The highest BCUT2D eigenvalue weighted by molar-refractivity contribution is 9.10. The van der Waals surface area contributed by atoms with E-state index in [2.05, 4.69) is 15.9 Å². The van der Waals surface area contributed by atoms with Crippen LogP contribution >= 0.6 is 39.3 Å². The summed E-state index contributed by atoms with van der Waals surface area (Å²) in [5.41, 5.74) is 1.30. The molecule has 27 heavy (non-hydrogen) atoms. The van der Waals surface area contributed by atoms with E-state index in [1.807, 2.05) is 6.07 Å². The lowest BCUT2D eigenvalue weighted by Gasteiger charge is -2.13. The van der Waals surface area contributed by atoms with Gasteiger partial charge in [0.1, 0.15) is 11.8 Å². The SMILES string of the molecule is N#CCOc1ccc(Br)cc1/C=C1\SC(=O)N(Cc2ccccc2Cl)C1=O. The summed E-state index contributed by atoms with van der Waals surface area (Å²) in [7, 11) is 0. The highest BCUT2D eigenvalue weighted by Crippen LogP contribution is 2.36. The number of carbonyl (C=O) groups excluding carboxylic acids is 2. The zero-order valence-electron chi connectivity index (χ0n) is 13.8. The number of ether oxygens (including phenoxy) is 1. The summed E-state index contributed by atoms with van der Waals surface area (Å²) in [6.45, 7) is -0.00555. The molecule has 8 heteroatoms. The first-order valence-electron chi connectivity index (χ1n) is 7.77. The van der Waals surface area contributed by atoms with E-state index in [9.17, 15) is 9.59 Å². The van der Waals surface area contributed by atoms with Gasteiger partial charge >= 0.3 is 0 Å². The molecule has 0 radical (unpaired) electrons. The van der Waals surface area contributed by atoms with E-state index in [1.165, 1.54) is 0 Å². The number of benzene rings is 2. The Labute approximate surface area is 173 Å². The maximum atomic E-state index is 12.7. The molecule has 0 N–H and O–H groups in total. The van der Waals surface area contributed by atoms with Crippen LogP contribution in [0.3, 0.4) is 0 Å². The van der Waals surface area contributed by atoms with Crippen LogP contribution in [0.5, 0.6) is 5.75 Å². The molecule has 1 heterocycles. The van der Waals surface area contributed by atoms with Gasteiger partial charge in [-0.2, -0.15) is 5.26 Å². The quantitative estimate of drug-likeness (QED) is 0.567. The van der Waals surface area contributed by atoms with Gasteiger partial charge in [0.2, 0.25) is 0 Å². The summed E-state index contributed by atoms with van der Waals surface area (Å²) in [5, 5.41) is 8.85. The average molecular weight is 464 g/mol. The van der Waals surface area contributed by atoms with Gasteiger partial charge in [0.15, 0.2) is 6.61 Å². The molecule has 2 amide bonds. The van der Waals surface area contributed by atoms with Crippen LogP contribution in [0.1, 0.15) is 11.1 Å². The van der Waals surface area contributed by atoms with Gasteiger partial charge in [-0.05, 0) is 47.7 Å². The second-order valence-electron chi connectivity index (χ2n) is 5.49. The van der Waals surface area contributed by atoms with Gasteiger partial charge in [-0.1, -0.05) is 45.7 Å². The molecule has 0 unspecified atom stereocenters. The minimum Gasteiger partial charge on any atom is -0.478 e. The maximum Gasteiger partial charge on any atom is 0.293 e. The van der Waals surface area contributed by atoms with Crippen molar-refractivity contribution in [1.29, 1.82) is 5.26 Å². The summed E-state index contributed by atoms with van der Waals surface area (Å²) in [4.78, 5) is 26.5. The Kier molecular flexibility index (Phi) is 6.22. The lowest BCUT2D eigenvalue weighted by molar-refractivity contribution is -0.123. The molecule has 2 aromatic rings. The van der Waals surface area contributed by atoms with Crippen molar-refractivity contribution in [3.8, 4) is 11.8 Å². The number of hydrogen-bond donors (Lipinski definition) is 0. The van der Waals surface area contributed by atoms with E-state index >= 15 is 0 Å². The van der Waals surface area contributed by atoms with Gasteiger partial charge in [-0.3, -0.25) is 14.5 Å². The van der Waals surface area contributed by atoms with Crippen LogP contribution in [-0.2, 0) is 11.3 Å². The van der Waals surface area contributed by atoms with Crippen molar-refractivity contribution >= 4 is 56.5 Å². The number of rotatable bonds is 5. The van der Waals surface area contributed by atoms with Crippen molar-refractivity contribution in [2.24, 2.45) is 0 Å². The van der Waals surface area contributed by atoms with Crippen LogP contribution in [0, 0.1) is 11.3 Å². The van der Waals surface area contributed by atoms with Crippen LogP contribution in [-0.4, -0.2) is 22.7 Å². The molecule has 3 rings (SSSR count). The molecule has 0 spiro atoms. The van der Waals surface area contributed by atoms with Crippen molar-refractivity contribution < 1.29 is 14.3 Å². The lowest BCUT2D eigenvalue weighted by atomic mass is 10.1. The Bertz CT molecular complexity index is 987. The third kappa shape index (κ3) is 4.53. The predicted octanol–water partition coefficient (Wildman–Crippen LogP) is 5.24. The summed E-state index contributed by atoms with van der Waals surface area (Å²) in [6.07, 6.45) is 1.59. The molecule has 1 saturated heterocycles. The Morgan fingerprint density at radius 2 is 2.04 bits per heavy atom. The third-order valence-electron chi connectivity index (χ3n) is 3.71. The van der Waals surface area contributed by atoms with E-state index in [-0.39, 0.29) is 23.3 Å². The molecular formula is C19H12BrClN2O3S. The molecule has 136 valence electrons. The first-order chi connectivity index (χ1) is 13.0. The molecule has 0 atom stereocenters. The highest BCUT2D eigenvalue weighted by Gasteiger charge is 2.35. The van der Waals surface area contributed by atoms with E-state index in [0.717, 1.165) is 21.1 Å². The Balaban J connectivity index is 1.88. The van der Waals surface area contributed by atoms with Crippen molar-refractivity contribution in [2.75, 3.05) is 6.61 Å². The minimum absolute atomic E-state index is 0.109. The first-order valence-corrected chi connectivity index (χ1v) is 9.76. The average Bonchev–Trinajstić information content (AvgIpc) is 2.90. The van der Waals surface area contributed by atoms with Crippen molar-refractivity contribution in [3.63, 3.8) is 0 Å². The van der Waals surface area contributed by atoms with Gasteiger partial charge in [0, 0.05) is 15.1 Å². The van der Waals surface area contributed by atoms with Crippen molar-refractivity contribution in [3.05, 3.63) is 68.0 Å². The summed E-state index contributed by atoms with van der Waals surface area (Å²) in [6, 6.07) is 14.2. The standard InChI is InChI=1S/C19H12BrClN2O3S/c20-14-5-6-16(26-8-7-22)13(9-14)10-17-18(24)23(19(25)27-17)11-12-3-1-2-4-15(12)21/h1-6,9-10H,8,11H2/b17-10-. The van der Waals surface area contributed by atoms with Crippen LogP contribution in [0.25, 0.3) is 6.08 Å². The van der Waals surface area contributed by atoms with Crippen molar-refractivity contribution in [1.82, 2.24) is 4.90 Å². The highest BCUT2D eigenvalue weighted by atomic mass is 79.9.